The van der Waals surface area contributed by atoms with Crippen LogP contribution in [0.2, 0.25) is 0 Å². The molecule has 1 atom stereocenters. The molecule has 0 radical (unpaired) electrons. The van der Waals surface area contributed by atoms with Crippen LogP contribution in [0.3, 0.4) is 0 Å². The Labute approximate surface area is 135 Å². The van der Waals surface area contributed by atoms with Crippen LogP contribution in [-0.4, -0.2) is 40.8 Å². The number of pyridine rings is 1. The molecule has 122 valence electrons. The number of anilines is 1. The number of nitrogens with zero attached hydrogens (tertiary/aromatic N) is 4. The van der Waals surface area contributed by atoms with E-state index in [1.807, 2.05) is 24.4 Å². The third-order valence-corrected chi connectivity index (χ3v) is 4.15. The molecule has 3 rings (SSSR count). The Balaban J connectivity index is 1.48. The molecule has 0 unspecified atom stereocenters. The fraction of sp³-hybridized carbons (Fsp3) is 0.500. The Hall–Kier alpha value is -2.44. The van der Waals surface area contributed by atoms with Gasteiger partial charge in [-0.05, 0) is 37.8 Å². The first-order valence-electron chi connectivity index (χ1n) is 7.93. The molecule has 2 aromatic rings. The van der Waals surface area contributed by atoms with Crippen molar-refractivity contribution in [3.63, 3.8) is 0 Å². The predicted molar refractivity (Wildman–Crippen MR) is 84.9 cm³/mol. The smallest absolute Gasteiger partial charge is 0.226 e. The second kappa shape index (κ2) is 7.21. The summed E-state index contributed by atoms with van der Waals surface area (Å²) in [6, 6.07) is 5.95. The summed E-state index contributed by atoms with van der Waals surface area (Å²) in [6.45, 7) is 4.39. The van der Waals surface area contributed by atoms with Crippen LogP contribution in [-0.2, 0) is 11.2 Å². The van der Waals surface area contributed by atoms with E-state index in [-0.39, 0.29) is 12.3 Å². The van der Waals surface area contributed by atoms with Crippen LogP contribution in [0, 0.1) is 12.8 Å². The summed E-state index contributed by atoms with van der Waals surface area (Å²) < 4.78 is 4.61. The molecular formula is C16H21N5O2. The Bertz CT molecular complexity index is 643. The zero-order chi connectivity index (χ0) is 16.1. The Morgan fingerprint density at radius 3 is 3.09 bits per heavy atom. The number of rotatable bonds is 5. The van der Waals surface area contributed by atoms with Gasteiger partial charge in [0.2, 0.25) is 5.91 Å². The summed E-state index contributed by atoms with van der Waals surface area (Å²) in [5.41, 5.74) is 1.26. The lowest BCUT2D eigenvalue weighted by atomic mass is 9.98. The maximum atomic E-state index is 12.0. The molecule has 0 aliphatic carbocycles. The minimum absolute atomic E-state index is 0.0428. The Morgan fingerprint density at radius 1 is 1.43 bits per heavy atom. The van der Waals surface area contributed by atoms with Crippen LogP contribution in [0.15, 0.2) is 29.0 Å². The van der Waals surface area contributed by atoms with E-state index in [9.17, 15) is 4.79 Å². The van der Waals surface area contributed by atoms with Gasteiger partial charge >= 0.3 is 0 Å². The number of aryl methyl sites for hydroxylation is 1. The highest BCUT2D eigenvalue weighted by atomic mass is 16.6. The Morgan fingerprint density at radius 2 is 2.35 bits per heavy atom. The van der Waals surface area contributed by atoms with Gasteiger partial charge in [-0.3, -0.25) is 4.79 Å². The fourth-order valence-electron chi connectivity index (χ4n) is 2.86. The van der Waals surface area contributed by atoms with Gasteiger partial charge in [0.25, 0.3) is 0 Å². The van der Waals surface area contributed by atoms with Crippen LogP contribution < -0.4 is 10.2 Å². The minimum Gasteiger partial charge on any atom is -0.356 e. The van der Waals surface area contributed by atoms with Gasteiger partial charge in [-0.15, -0.1) is 0 Å². The van der Waals surface area contributed by atoms with Gasteiger partial charge in [0.05, 0.1) is 6.42 Å². The lowest BCUT2D eigenvalue weighted by Gasteiger charge is -2.33. The normalized spacial score (nSPS) is 18.0. The number of carbonyl (C=O) groups is 1. The molecule has 3 heterocycles. The first kappa shape index (κ1) is 15.5. The molecule has 0 saturated carbocycles. The summed E-state index contributed by atoms with van der Waals surface area (Å²) in [4.78, 5) is 18.7. The number of nitrogens with one attached hydrogen (secondary N) is 1. The molecule has 1 saturated heterocycles. The van der Waals surface area contributed by atoms with E-state index < -0.39 is 0 Å². The van der Waals surface area contributed by atoms with E-state index in [4.69, 9.17) is 0 Å². The zero-order valence-electron chi connectivity index (χ0n) is 13.2. The average Bonchev–Trinajstić information content (AvgIpc) is 2.99. The van der Waals surface area contributed by atoms with Crippen LogP contribution in [0.5, 0.6) is 0 Å². The molecule has 1 aliphatic heterocycles. The molecule has 7 heteroatoms. The van der Waals surface area contributed by atoms with Gasteiger partial charge in [0.1, 0.15) is 17.2 Å². The number of piperidine rings is 1. The van der Waals surface area contributed by atoms with E-state index in [0.717, 1.165) is 31.7 Å². The summed E-state index contributed by atoms with van der Waals surface area (Å²) >= 11 is 0. The van der Waals surface area contributed by atoms with Crippen LogP contribution >= 0.6 is 0 Å². The van der Waals surface area contributed by atoms with Gasteiger partial charge < -0.3 is 10.2 Å². The summed E-state index contributed by atoms with van der Waals surface area (Å²) in [7, 11) is 0. The number of carbonyl (C=O) groups excluding carboxylic acids is 1. The van der Waals surface area contributed by atoms with Crippen LogP contribution in [0.4, 0.5) is 5.82 Å². The van der Waals surface area contributed by atoms with Crippen molar-refractivity contribution in [3.8, 4) is 0 Å². The molecule has 1 N–H and O–H groups in total. The lowest BCUT2D eigenvalue weighted by molar-refractivity contribution is -0.120. The Kier molecular flexibility index (Phi) is 4.85. The van der Waals surface area contributed by atoms with E-state index >= 15 is 0 Å². The lowest BCUT2D eigenvalue weighted by Crippen LogP contribution is -2.41. The van der Waals surface area contributed by atoms with E-state index in [1.165, 1.54) is 0 Å². The predicted octanol–water partition coefficient (Wildman–Crippen LogP) is 1.35. The van der Waals surface area contributed by atoms with E-state index in [0.29, 0.717) is 23.9 Å². The zero-order valence-corrected chi connectivity index (χ0v) is 13.2. The molecule has 1 amide bonds. The van der Waals surface area contributed by atoms with Crippen molar-refractivity contribution in [1.82, 2.24) is 20.6 Å². The van der Waals surface area contributed by atoms with Crippen molar-refractivity contribution in [2.24, 2.45) is 5.92 Å². The topological polar surface area (TPSA) is 84.1 Å². The second-order valence-electron chi connectivity index (χ2n) is 5.92. The van der Waals surface area contributed by atoms with E-state index in [2.05, 4.69) is 30.1 Å². The number of amides is 1. The van der Waals surface area contributed by atoms with Crippen molar-refractivity contribution in [2.45, 2.75) is 26.2 Å². The highest BCUT2D eigenvalue weighted by Crippen LogP contribution is 2.20. The number of hydrogen-bond donors (Lipinski definition) is 1. The third-order valence-electron chi connectivity index (χ3n) is 4.15. The van der Waals surface area contributed by atoms with Crippen LogP contribution in [0.25, 0.3) is 0 Å². The standard InChI is InChI=1S/C16H21N5O2/c1-12-14(20-23-19-12)9-16(22)18-10-13-5-4-8-21(11-13)15-6-2-3-7-17-15/h2-3,6-7,13H,4-5,8-11H2,1H3,(H,18,22)/t13-/m0/s1. The molecule has 7 nitrogen and oxygen atoms in total. The largest absolute Gasteiger partial charge is 0.356 e. The molecule has 1 aliphatic rings. The molecule has 1 fully saturated rings. The minimum atomic E-state index is -0.0428. The van der Waals surface area contributed by atoms with Gasteiger partial charge in [0, 0.05) is 25.8 Å². The summed E-state index contributed by atoms with van der Waals surface area (Å²) in [6.07, 6.45) is 4.26. The number of aromatic nitrogens is 3. The highest BCUT2D eigenvalue weighted by Gasteiger charge is 2.21. The molecule has 2 aromatic heterocycles. The van der Waals surface area contributed by atoms with Crippen molar-refractivity contribution in [2.75, 3.05) is 24.5 Å². The molecular weight excluding hydrogens is 294 g/mol. The molecule has 0 aromatic carbocycles. The summed E-state index contributed by atoms with van der Waals surface area (Å²) in [5, 5.41) is 10.4. The van der Waals surface area contributed by atoms with Gasteiger partial charge in [-0.25, -0.2) is 9.61 Å². The molecule has 23 heavy (non-hydrogen) atoms. The maximum Gasteiger partial charge on any atom is 0.226 e. The van der Waals surface area contributed by atoms with Crippen molar-refractivity contribution >= 4 is 11.7 Å². The first-order valence-corrected chi connectivity index (χ1v) is 7.93. The monoisotopic (exact) mass is 315 g/mol. The quantitative estimate of drug-likeness (QED) is 0.896. The number of hydrogen-bond acceptors (Lipinski definition) is 6. The second-order valence-corrected chi connectivity index (χ2v) is 5.92. The van der Waals surface area contributed by atoms with Crippen molar-refractivity contribution < 1.29 is 9.42 Å². The summed E-state index contributed by atoms with van der Waals surface area (Å²) in [5.74, 6) is 1.40. The average molecular weight is 315 g/mol. The van der Waals surface area contributed by atoms with E-state index in [1.54, 1.807) is 6.92 Å². The first-order chi connectivity index (χ1) is 11.2. The fourth-order valence-corrected chi connectivity index (χ4v) is 2.86. The molecule has 0 bridgehead atoms. The maximum absolute atomic E-state index is 12.0. The highest BCUT2D eigenvalue weighted by molar-refractivity contribution is 5.78. The van der Waals surface area contributed by atoms with Crippen molar-refractivity contribution in [1.29, 1.82) is 0 Å². The van der Waals surface area contributed by atoms with Gasteiger partial charge in [-0.1, -0.05) is 16.4 Å². The third kappa shape index (κ3) is 4.06. The van der Waals surface area contributed by atoms with Crippen molar-refractivity contribution in [3.05, 3.63) is 35.8 Å². The molecule has 0 spiro atoms. The van der Waals surface area contributed by atoms with Crippen LogP contribution in [0.1, 0.15) is 24.2 Å². The van der Waals surface area contributed by atoms with Gasteiger partial charge in [0.15, 0.2) is 0 Å². The SMILES string of the molecule is Cc1nonc1CC(=O)NC[C@@H]1CCCN(c2ccccn2)C1. The van der Waals surface area contributed by atoms with Gasteiger partial charge in [-0.2, -0.15) is 0 Å².